The van der Waals surface area contributed by atoms with E-state index in [0.717, 1.165) is 5.56 Å². The number of carbonyl (C=O) groups is 1. The van der Waals surface area contributed by atoms with Crippen molar-refractivity contribution >= 4 is 11.6 Å². The number of aliphatic hydroxyl groups is 1. The Kier molecular flexibility index (Phi) is 4.75. The highest BCUT2D eigenvalue weighted by Gasteiger charge is 2.15. The van der Waals surface area contributed by atoms with Crippen LogP contribution in [0.1, 0.15) is 33.7 Å². The Morgan fingerprint density at radius 3 is 2.90 bits per heavy atom. The molecule has 1 aromatic carbocycles. The molecule has 0 aliphatic carbocycles. The Morgan fingerprint density at radius 1 is 1.43 bits per heavy atom. The summed E-state index contributed by atoms with van der Waals surface area (Å²) in [5, 5.41) is 15.1. The monoisotopic (exact) mass is 284 g/mol. The summed E-state index contributed by atoms with van der Waals surface area (Å²) in [4.78, 5) is 12.2. The van der Waals surface area contributed by atoms with E-state index in [1.807, 2.05) is 25.1 Å². The molecule has 0 unspecified atom stereocenters. The lowest BCUT2D eigenvalue weighted by atomic mass is 10.1. The Labute approximate surface area is 123 Å². The second-order valence-corrected chi connectivity index (χ2v) is 4.62. The van der Waals surface area contributed by atoms with Gasteiger partial charge in [0.25, 0.3) is 5.91 Å². The van der Waals surface area contributed by atoms with Crippen LogP contribution < -0.4 is 5.32 Å². The third kappa shape index (κ3) is 3.71. The number of nitrogens with zero attached hydrogens (tertiary/aromatic N) is 1. The summed E-state index contributed by atoms with van der Waals surface area (Å²) in [6.07, 6.45) is 1.88. The maximum absolute atomic E-state index is 12.2. The molecule has 0 radical (unpaired) electrons. The first kappa shape index (κ1) is 14.8. The first-order valence-corrected chi connectivity index (χ1v) is 6.55. The molecule has 0 fully saturated rings. The first-order chi connectivity index (χ1) is 10.1. The van der Waals surface area contributed by atoms with Crippen molar-refractivity contribution < 1.29 is 14.4 Å². The van der Waals surface area contributed by atoms with Crippen molar-refractivity contribution in [3.05, 3.63) is 46.8 Å². The zero-order valence-electron chi connectivity index (χ0n) is 11.9. The van der Waals surface area contributed by atoms with Crippen molar-refractivity contribution in [2.24, 2.45) is 0 Å². The van der Waals surface area contributed by atoms with Crippen molar-refractivity contribution in [1.82, 2.24) is 5.16 Å². The molecule has 0 saturated heterocycles. The summed E-state index contributed by atoms with van der Waals surface area (Å²) in [5.74, 6) is 5.60. The average Bonchev–Trinajstić information content (AvgIpc) is 2.88. The van der Waals surface area contributed by atoms with Gasteiger partial charge in [0.05, 0.1) is 18.5 Å². The van der Waals surface area contributed by atoms with Crippen molar-refractivity contribution in [2.45, 2.75) is 20.3 Å². The van der Waals surface area contributed by atoms with Crippen LogP contribution in [0.25, 0.3) is 0 Å². The van der Waals surface area contributed by atoms with Gasteiger partial charge in [-0.2, -0.15) is 0 Å². The van der Waals surface area contributed by atoms with Gasteiger partial charge in [0, 0.05) is 17.5 Å². The lowest BCUT2D eigenvalue weighted by Gasteiger charge is -2.07. The quantitative estimate of drug-likeness (QED) is 0.848. The van der Waals surface area contributed by atoms with Crippen LogP contribution in [-0.2, 0) is 0 Å². The average molecular weight is 284 g/mol. The van der Waals surface area contributed by atoms with E-state index in [1.54, 1.807) is 6.92 Å². The van der Waals surface area contributed by atoms with Crippen molar-refractivity contribution in [3.8, 4) is 11.8 Å². The van der Waals surface area contributed by atoms with Crippen LogP contribution in [0.15, 0.2) is 28.9 Å². The van der Waals surface area contributed by atoms with Crippen LogP contribution in [0, 0.1) is 25.7 Å². The van der Waals surface area contributed by atoms with E-state index in [2.05, 4.69) is 22.3 Å². The molecule has 5 heteroatoms. The Morgan fingerprint density at radius 2 is 2.24 bits per heavy atom. The highest BCUT2D eigenvalue weighted by atomic mass is 16.5. The molecule has 1 aromatic heterocycles. The van der Waals surface area contributed by atoms with Gasteiger partial charge in [-0.05, 0) is 31.5 Å². The third-order valence-electron chi connectivity index (χ3n) is 2.84. The predicted octanol–water partition coefficient (Wildman–Crippen LogP) is 2.28. The molecule has 21 heavy (non-hydrogen) atoms. The van der Waals surface area contributed by atoms with Gasteiger partial charge in [-0.15, -0.1) is 0 Å². The maximum atomic E-state index is 12.2. The fourth-order valence-corrected chi connectivity index (χ4v) is 1.77. The predicted molar refractivity (Wildman–Crippen MR) is 79.0 cm³/mol. The Balaban J connectivity index is 2.27. The maximum Gasteiger partial charge on any atom is 0.294 e. The topological polar surface area (TPSA) is 75.4 Å². The molecular formula is C16H16N2O3. The second-order valence-electron chi connectivity index (χ2n) is 4.62. The zero-order chi connectivity index (χ0) is 15.2. The summed E-state index contributed by atoms with van der Waals surface area (Å²) in [5.41, 5.74) is 2.99. The van der Waals surface area contributed by atoms with E-state index in [1.165, 1.54) is 6.20 Å². The van der Waals surface area contributed by atoms with Crippen molar-refractivity contribution in [2.75, 3.05) is 11.9 Å². The van der Waals surface area contributed by atoms with Crippen LogP contribution in [0.4, 0.5) is 5.69 Å². The van der Waals surface area contributed by atoms with E-state index < -0.39 is 0 Å². The first-order valence-electron chi connectivity index (χ1n) is 6.55. The van der Waals surface area contributed by atoms with Gasteiger partial charge in [-0.25, -0.2) is 0 Å². The normalized spacial score (nSPS) is 9.86. The van der Waals surface area contributed by atoms with Gasteiger partial charge in [0.15, 0.2) is 0 Å². The van der Waals surface area contributed by atoms with Gasteiger partial charge in [0.2, 0.25) is 5.76 Å². The van der Waals surface area contributed by atoms with Crippen LogP contribution in [-0.4, -0.2) is 22.8 Å². The van der Waals surface area contributed by atoms with E-state index in [9.17, 15) is 4.79 Å². The van der Waals surface area contributed by atoms with E-state index in [4.69, 9.17) is 9.63 Å². The molecule has 108 valence electrons. The molecule has 0 spiro atoms. The molecule has 2 aromatic rings. The number of aliphatic hydroxyl groups excluding tert-OH is 1. The van der Waals surface area contributed by atoms with Crippen LogP contribution in [0.2, 0.25) is 0 Å². The zero-order valence-corrected chi connectivity index (χ0v) is 11.9. The highest BCUT2D eigenvalue weighted by molar-refractivity contribution is 6.03. The third-order valence-corrected chi connectivity index (χ3v) is 2.84. The smallest absolute Gasteiger partial charge is 0.294 e. The fraction of sp³-hybridized carbons (Fsp3) is 0.250. The summed E-state index contributed by atoms with van der Waals surface area (Å²) in [6, 6.07) is 5.59. The molecule has 2 N–H and O–H groups in total. The fourth-order valence-electron chi connectivity index (χ4n) is 1.77. The number of aryl methyl sites for hydroxylation is 2. The molecule has 0 bridgehead atoms. The number of anilines is 1. The summed E-state index contributed by atoms with van der Waals surface area (Å²) in [7, 11) is 0. The van der Waals surface area contributed by atoms with Gasteiger partial charge >= 0.3 is 0 Å². The number of benzene rings is 1. The molecule has 0 atom stereocenters. The SMILES string of the molecule is Cc1ccc(C#CCCO)c(NC(=O)c2oncc2C)c1. The minimum absolute atomic E-state index is 0.0117. The minimum atomic E-state index is -0.360. The van der Waals surface area contributed by atoms with Crippen molar-refractivity contribution in [3.63, 3.8) is 0 Å². The van der Waals surface area contributed by atoms with Gasteiger partial charge in [0.1, 0.15) is 0 Å². The van der Waals surface area contributed by atoms with Gasteiger partial charge in [-0.1, -0.05) is 23.1 Å². The van der Waals surface area contributed by atoms with Crippen LogP contribution in [0.3, 0.4) is 0 Å². The molecule has 0 aliphatic heterocycles. The molecule has 0 aliphatic rings. The Bertz CT molecular complexity index is 708. The standard InChI is InChI=1S/C16H16N2O3/c1-11-6-7-13(5-3-4-8-19)14(9-11)18-16(20)15-12(2)10-17-21-15/h6-7,9-10,19H,4,8H2,1-2H3,(H,18,20). The number of carbonyl (C=O) groups excluding carboxylic acids is 1. The summed E-state index contributed by atoms with van der Waals surface area (Å²) >= 11 is 0. The number of hydrogen-bond acceptors (Lipinski definition) is 4. The molecule has 5 nitrogen and oxygen atoms in total. The Hall–Kier alpha value is -2.58. The molecule has 0 saturated carbocycles. The number of amides is 1. The van der Waals surface area contributed by atoms with Crippen LogP contribution >= 0.6 is 0 Å². The van der Waals surface area contributed by atoms with E-state index in [-0.39, 0.29) is 18.3 Å². The van der Waals surface area contributed by atoms with Gasteiger partial charge < -0.3 is 14.9 Å². The van der Waals surface area contributed by atoms with Gasteiger partial charge in [-0.3, -0.25) is 4.79 Å². The summed E-state index contributed by atoms with van der Waals surface area (Å²) in [6.45, 7) is 3.70. The highest BCUT2D eigenvalue weighted by Crippen LogP contribution is 2.18. The van der Waals surface area contributed by atoms with E-state index >= 15 is 0 Å². The summed E-state index contributed by atoms with van der Waals surface area (Å²) < 4.78 is 4.94. The molecule has 1 heterocycles. The lowest BCUT2D eigenvalue weighted by Crippen LogP contribution is -2.13. The number of aromatic nitrogens is 1. The number of hydrogen-bond donors (Lipinski definition) is 2. The minimum Gasteiger partial charge on any atom is -0.395 e. The van der Waals surface area contributed by atoms with E-state index in [0.29, 0.717) is 23.2 Å². The number of rotatable bonds is 3. The second kappa shape index (κ2) is 6.73. The number of nitrogens with one attached hydrogen (secondary N) is 1. The lowest BCUT2D eigenvalue weighted by molar-refractivity contribution is 0.0987. The molecule has 1 amide bonds. The van der Waals surface area contributed by atoms with Crippen LogP contribution in [0.5, 0.6) is 0 Å². The molecular weight excluding hydrogens is 268 g/mol. The van der Waals surface area contributed by atoms with Crippen molar-refractivity contribution in [1.29, 1.82) is 0 Å². The largest absolute Gasteiger partial charge is 0.395 e. The molecule has 2 rings (SSSR count).